The van der Waals surface area contributed by atoms with Crippen LogP contribution in [0, 0.1) is 0 Å². The molecule has 0 bridgehead atoms. The predicted molar refractivity (Wildman–Crippen MR) is 30.0 cm³/mol. The van der Waals surface area contributed by atoms with Gasteiger partial charge in [0.2, 0.25) is 11.8 Å². The van der Waals surface area contributed by atoms with Crippen molar-refractivity contribution < 1.29 is 43.6 Å². The van der Waals surface area contributed by atoms with Gasteiger partial charge < -0.3 is 17.0 Å². The molecule has 3 nitrogen and oxygen atoms in total. The number of carbonyl (C=O) groups is 2. The van der Waals surface area contributed by atoms with Crippen molar-refractivity contribution in [1.29, 1.82) is 0 Å². The second kappa shape index (κ2) is 5.29. The standard InChI is InChI=1S/C4H4BrNO2.BrH.Cu/c5-6-3(7)1-2-4(6)8;;/h1-2H2;1H;/q;;+2/p-1. The molecule has 0 aromatic carbocycles. The van der Waals surface area contributed by atoms with Crippen LogP contribution in [0.25, 0.3) is 0 Å². The number of hydrogen-bond donors (Lipinski definition) is 0. The van der Waals surface area contributed by atoms with Gasteiger partial charge in [0, 0.05) is 12.8 Å². The normalized spacial score (nSPS) is 16.3. The molecule has 2 amide bonds. The molecule has 0 saturated carbocycles. The fourth-order valence-electron chi connectivity index (χ4n) is 0.549. The van der Waals surface area contributed by atoms with Crippen LogP contribution in [0.3, 0.4) is 0 Å². The van der Waals surface area contributed by atoms with Crippen LogP contribution >= 0.6 is 16.1 Å². The number of hydrogen-bond acceptors (Lipinski definition) is 2. The third kappa shape index (κ3) is 2.70. The van der Waals surface area contributed by atoms with Gasteiger partial charge in [0.25, 0.3) is 0 Å². The van der Waals surface area contributed by atoms with Crippen molar-refractivity contribution in [2.24, 2.45) is 0 Å². The molecule has 1 aliphatic heterocycles. The number of amides is 2. The summed E-state index contributed by atoms with van der Waals surface area (Å²) in [5, 5.41) is 0. The smallest absolute Gasteiger partial charge is 1.00 e. The Morgan fingerprint density at radius 3 is 1.60 bits per heavy atom. The van der Waals surface area contributed by atoms with Crippen LogP contribution in [0.1, 0.15) is 12.8 Å². The molecule has 0 aliphatic carbocycles. The number of carbonyl (C=O) groups excluding carboxylic acids is 2. The summed E-state index contributed by atoms with van der Waals surface area (Å²) in [6.45, 7) is 0. The zero-order valence-corrected chi connectivity index (χ0v) is 8.85. The van der Waals surface area contributed by atoms with E-state index in [1.807, 2.05) is 0 Å². The minimum atomic E-state index is -0.144. The molecular formula is C4H4Br2CuNO2+. The second-order valence-electron chi connectivity index (χ2n) is 1.57. The number of rotatable bonds is 0. The van der Waals surface area contributed by atoms with Gasteiger partial charge in [-0.2, -0.15) is 0 Å². The fraction of sp³-hybridized carbons (Fsp3) is 0.500. The number of halogens is 2. The Morgan fingerprint density at radius 1 is 1.20 bits per heavy atom. The number of imide groups is 1. The molecule has 1 rings (SSSR count). The second-order valence-corrected chi connectivity index (χ2v) is 2.28. The quantitative estimate of drug-likeness (QED) is 0.280. The van der Waals surface area contributed by atoms with E-state index in [9.17, 15) is 9.59 Å². The van der Waals surface area contributed by atoms with Crippen molar-refractivity contribution >= 4 is 28.0 Å². The maximum absolute atomic E-state index is 10.4. The van der Waals surface area contributed by atoms with Gasteiger partial charge in [-0.1, -0.05) is 0 Å². The van der Waals surface area contributed by atoms with Crippen LogP contribution in [0.4, 0.5) is 0 Å². The van der Waals surface area contributed by atoms with E-state index in [1.54, 1.807) is 0 Å². The molecule has 1 heterocycles. The zero-order valence-electron chi connectivity index (χ0n) is 4.74. The fourth-order valence-corrected chi connectivity index (χ4v) is 0.904. The Bertz CT molecular complexity index is 136. The average Bonchev–Trinajstić information content (AvgIpc) is 1.98. The van der Waals surface area contributed by atoms with E-state index in [0.717, 1.165) is 3.93 Å². The molecule has 61 valence electrons. The molecule has 1 aliphatic rings. The Balaban J connectivity index is 0. The first-order valence-corrected chi connectivity index (χ1v) is 2.94. The SMILES string of the molecule is O=C1CCC(=O)N1Br.[Br-].[Cu+2]. The van der Waals surface area contributed by atoms with E-state index in [1.165, 1.54) is 0 Å². The van der Waals surface area contributed by atoms with E-state index in [4.69, 9.17) is 0 Å². The molecule has 1 fully saturated rings. The molecule has 0 aromatic rings. The Hall–Kier alpha value is 0.619. The summed E-state index contributed by atoms with van der Waals surface area (Å²) in [6.07, 6.45) is 0.703. The largest absolute Gasteiger partial charge is 2.00 e. The van der Waals surface area contributed by atoms with Crippen LogP contribution in [0.5, 0.6) is 0 Å². The van der Waals surface area contributed by atoms with Crippen molar-refractivity contribution in [3.05, 3.63) is 0 Å². The van der Waals surface area contributed by atoms with Crippen LogP contribution in [-0.4, -0.2) is 15.7 Å². The third-order valence-corrected chi connectivity index (χ3v) is 1.78. The first-order chi connectivity index (χ1) is 3.72. The van der Waals surface area contributed by atoms with Crippen LogP contribution in [0.2, 0.25) is 0 Å². The predicted octanol–water partition coefficient (Wildman–Crippen LogP) is -2.55. The number of nitrogens with zero attached hydrogens (tertiary/aromatic N) is 1. The molecule has 10 heavy (non-hydrogen) atoms. The minimum Gasteiger partial charge on any atom is -1.00 e. The summed E-state index contributed by atoms with van der Waals surface area (Å²) in [5.41, 5.74) is 0. The van der Waals surface area contributed by atoms with Gasteiger partial charge >= 0.3 is 17.1 Å². The van der Waals surface area contributed by atoms with Gasteiger partial charge in [-0.05, 0) is 0 Å². The van der Waals surface area contributed by atoms with Gasteiger partial charge in [0.1, 0.15) is 0 Å². The maximum Gasteiger partial charge on any atom is 2.00 e. The monoisotopic (exact) mass is 319 g/mol. The molecule has 0 unspecified atom stereocenters. The van der Waals surface area contributed by atoms with Crippen molar-refractivity contribution in [3.8, 4) is 0 Å². The van der Waals surface area contributed by atoms with Crippen LogP contribution in [-0.2, 0) is 26.7 Å². The molecule has 0 spiro atoms. The summed E-state index contributed by atoms with van der Waals surface area (Å²) in [4.78, 5) is 20.9. The maximum atomic E-state index is 10.4. The first kappa shape index (κ1) is 13.2. The molecule has 0 N–H and O–H groups in total. The van der Waals surface area contributed by atoms with E-state index in [2.05, 4.69) is 16.1 Å². The van der Waals surface area contributed by atoms with Crippen LogP contribution in [0.15, 0.2) is 0 Å². The Labute approximate surface area is 88.1 Å². The zero-order chi connectivity index (χ0) is 6.15. The van der Waals surface area contributed by atoms with Crippen molar-refractivity contribution in [3.63, 3.8) is 0 Å². The van der Waals surface area contributed by atoms with Crippen LogP contribution < -0.4 is 17.0 Å². The average molecular weight is 321 g/mol. The Morgan fingerprint density at radius 2 is 1.50 bits per heavy atom. The van der Waals surface area contributed by atoms with Gasteiger partial charge in [0.05, 0.1) is 16.1 Å². The minimum absolute atomic E-state index is 0. The molecule has 6 heteroatoms. The van der Waals surface area contributed by atoms with Crippen molar-refractivity contribution in [2.45, 2.75) is 12.8 Å². The van der Waals surface area contributed by atoms with Gasteiger partial charge in [-0.3, -0.25) is 9.59 Å². The van der Waals surface area contributed by atoms with E-state index in [0.29, 0.717) is 12.8 Å². The third-order valence-electron chi connectivity index (χ3n) is 0.991. The van der Waals surface area contributed by atoms with E-state index < -0.39 is 0 Å². The summed E-state index contributed by atoms with van der Waals surface area (Å²) >= 11 is 2.80. The van der Waals surface area contributed by atoms with Gasteiger partial charge in [-0.15, -0.1) is 0 Å². The molecule has 0 atom stereocenters. The Kier molecular flexibility index (Phi) is 7.00. The summed E-state index contributed by atoms with van der Waals surface area (Å²) in [5.74, 6) is -0.287. The van der Waals surface area contributed by atoms with Gasteiger partial charge in [-0.25, -0.2) is 3.93 Å². The molecule has 1 radical (unpaired) electrons. The summed E-state index contributed by atoms with van der Waals surface area (Å²) in [6, 6.07) is 0. The van der Waals surface area contributed by atoms with E-state index in [-0.39, 0.29) is 45.9 Å². The molecular weight excluding hydrogens is 317 g/mol. The van der Waals surface area contributed by atoms with Crippen molar-refractivity contribution in [2.75, 3.05) is 0 Å². The van der Waals surface area contributed by atoms with Crippen molar-refractivity contribution in [1.82, 2.24) is 3.93 Å². The molecule has 1 saturated heterocycles. The summed E-state index contributed by atoms with van der Waals surface area (Å²) < 4.78 is 0.979. The topological polar surface area (TPSA) is 37.4 Å². The van der Waals surface area contributed by atoms with Gasteiger partial charge in [0.15, 0.2) is 0 Å². The van der Waals surface area contributed by atoms with E-state index >= 15 is 0 Å². The molecule has 0 aromatic heterocycles. The summed E-state index contributed by atoms with van der Waals surface area (Å²) in [7, 11) is 0. The first-order valence-electron chi connectivity index (χ1n) is 2.23.